The Labute approximate surface area is 328 Å². The number of rotatable bonds is 19. The normalized spacial score (nSPS) is 10.5. The summed E-state index contributed by atoms with van der Waals surface area (Å²) in [6.07, 6.45) is 4.24. The molecule has 0 unspecified atom stereocenters. The summed E-state index contributed by atoms with van der Waals surface area (Å²) in [4.78, 5) is 65.2. The molecule has 16 nitrogen and oxygen atoms in total. The van der Waals surface area contributed by atoms with Crippen molar-refractivity contribution in [3.8, 4) is 28.7 Å². The molecule has 5 aromatic rings. The molecule has 0 atom stereocenters. The number of ether oxygens (including phenoxy) is 8. The minimum absolute atomic E-state index is 0.0206. The topological polar surface area (TPSA) is 196 Å². The van der Waals surface area contributed by atoms with E-state index < -0.39 is 43.4 Å². The lowest BCUT2D eigenvalue weighted by molar-refractivity contribution is -0.146. The van der Waals surface area contributed by atoms with Crippen LogP contribution in [0.3, 0.4) is 0 Å². The predicted octanol–water partition coefficient (Wildman–Crippen LogP) is 6.38. The van der Waals surface area contributed by atoms with Gasteiger partial charge in [0.1, 0.15) is 17.2 Å². The van der Waals surface area contributed by atoms with Crippen molar-refractivity contribution in [2.75, 3.05) is 25.8 Å². The molecule has 17 heteroatoms. The zero-order valence-corrected chi connectivity index (χ0v) is 30.6. The molecule has 1 N–H and O–H groups in total. The summed E-state index contributed by atoms with van der Waals surface area (Å²) in [6.45, 7) is 8.50. The molecule has 0 aliphatic carbocycles. The molecule has 0 radical (unpaired) electrons. The van der Waals surface area contributed by atoms with Gasteiger partial charge in [-0.1, -0.05) is 43.2 Å². The maximum absolute atomic E-state index is 13.5. The maximum atomic E-state index is 13.5. The standard InChI is InChI=1S/C40H31N3O13S/c1-4-35(44)52-22-49-28-14-11-25(12-15-28)38(47)55-29-16-18-31(27(19-29)21-41-43-40-42-30-9-7-8-10-34(30)57-40)56-39(48)26-13-17-32(50-23-53-36(45)5-2)33(20-26)51-24-54-37(46)6-3/h4-21H,1-3,22-24H2,(H,42,43)/b41-21+. The molecule has 0 aliphatic heterocycles. The largest absolute Gasteiger partial charge is 0.457 e. The average molecular weight is 794 g/mol. The van der Waals surface area contributed by atoms with Crippen molar-refractivity contribution in [2.45, 2.75) is 0 Å². The highest BCUT2D eigenvalue weighted by molar-refractivity contribution is 7.22. The number of hydrazone groups is 1. The van der Waals surface area contributed by atoms with Crippen LogP contribution in [0.15, 0.2) is 128 Å². The fourth-order valence-corrected chi connectivity index (χ4v) is 5.19. The Balaban J connectivity index is 1.35. The van der Waals surface area contributed by atoms with Gasteiger partial charge in [-0.25, -0.2) is 29.0 Å². The van der Waals surface area contributed by atoms with Crippen LogP contribution in [0.4, 0.5) is 5.13 Å². The van der Waals surface area contributed by atoms with E-state index in [1.165, 1.54) is 78.2 Å². The van der Waals surface area contributed by atoms with Crippen LogP contribution in [0.25, 0.3) is 10.2 Å². The van der Waals surface area contributed by atoms with Gasteiger partial charge in [-0.2, -0.15) is 5.10 Å². The molecular formula is C40H31N3O13S. The number of carbonyl (C=O) groups excluding carboxylic acids is 5. The summed E-state index contributed by atoms with van der Waals surface area (Å²) >= 11 is 1.37. The van der Waals surface area contributed by atoms with Gasteiger partial charge in [-0.05, 0) is 72.8 Å². The molecule has 57 heavy (non-hydrogen) atoms. The van der Waals surface area contributed by atoms with Crippen molar-refractivity contribution in [1.29, 1.82) is 0 Å². The lowest BCUT2D eigenvalue weighted by Gasteiger charge is -2.14. The molecule has 4 aromatic carbocycles. The number of hydrogen-bond donors (Lipinski definition) is 1. The van der Waals surface area contributed by atoms with Crippen LogP contribution in [0.1, 0.15) is 26.3 Å². The number of aromatic nitrogens is 1. The number of benzene rings is 4. The first-order valence-corrected chi connectivity index (χ1v) is 17.2. The van der Waals surface area contributed by atoms with Crippen LogP contribution in [-0.2, 0) is 28.6 Å². The Morgan fingerprint density at radius 2 is 1.21 bits per heavy atom. The van der Waals surface area contributed by atoms with Crippen molar-refractivity contribution in [1.82, 2.24) is 4.98 Å². The van der Waals surface area contributed by atoms with Gasteiger partial charge >= 0.3 is 29.8 Å². The summed E-state index contributed by atoms with van der Waals surface area (Å²) in [6, 6.07) is 21.6. The molecule has 0 aliphatic rings. The highest BCUT2D eigenvalue weighted by Crippen LogP contribution is 2.31. The van der Waals surface area contributed by atoms with Crippen LogP contribution in [0.2, 0.25) is 0 Å². The van der Waals surface area contributed by atoms with Gasteiger partial charge < -0.3 is 37.9 Å². The van der Waals surface area contributed by atoms with Gasteiger partial charge in [0.15, 0.2) is 11.5 Å². The Kier molecular flexibility index (Phi) is 14.2. The average Bonchev–Trinajstić information content (AvgIpc) is 3.65. The van der Waals surface area contributed by atoms with Gasteiger partial charge in [-0.3, -0.25) is 5.43 Å². The highest BCUT2D eigenvalue weighted by atomic mass is 32.1. The smallest absolute Gasteiger partial charge is 0.343 e. The molecule has 0 bridgehead atoms. The second kappa shape index (κ2) is 20.0. The fourth-order valence-electron chi connectivity index (χ4n) is 4.37. The highest BCUT2D eigenvalue weighted by Gasteiger charge is 2.18. The minimum atomic E-state index is -0.854. The van der Waals surface area contributed by atoms with E-state index in [1.54, 1.807) is 0 Å². The van der Waals surface area contributed by atoms with Gasteiger partial charge in [-0.15, -0.1) is 0 Å². The van der Waals surface area contributed by atoms with Crippen LogP contribution in [0.5, 0.6) is 28.7 Å². The third-order valence-corrected chi connectivity index (χ3v) is 8.02. The van der Waals surface area contributed by atoms with Gasteiger partial charge in [0.25, 0.3) is 0 Å². The molecule has 0 saturated carbocycles. The van der Waals surface area contributed by atoms with Crippen molar-refractivity contribution in [3.63, 3.8) is 0 Å². The van der Waals surface area contributed by atoms with E-state index in [9.17, 15) is 24.0 Å². The van der Waals surface area contributed by atoms with Crippen molar-refractivity contribution < 1.29 is 61.9 Å². The number of nitrogens with one attached hydrogen (secondary N) is 1. The molecular weight excluding hydrogens is 763 g/mol. The Morgan fingerprint density at radius 1 is 0.632 bits per heavy atom. The van der Waals surface area contributed by atoms with Crippen molar-refractivity contribution >= 4 is 62.7 Å². The molecule has 0 spiro atoms. The number of thiazole rings is 1. The number of fused-ring (bicyclic) bond motifs is 1. The quantitative estimate of drug-likeness (QED) is 0.0184. The van der Waals surface area contributed by atoms with Crippen LogP contribution < -0.4 is 29.1 Å². The van der Waals surface area contributed by atoms with Crippen molar-refractivity contribution in [3.05, 3.63) is 140 Å². The second-order valence-electron chi connectivity index (χ2n) is 10.8. The third-order valence-electron chi connectivity index (χ3n) is 7.08. The first kappa shape index (κ1) is 40.4. The number of anilines is 1. The van der Waals surface area contributed by atoms with E-state index in [-0.39, 0.29) is 46.5 Å². The molecule has 1 aromatic heterocycles. The number of esters is 5. The first-order chi connectivity index (χ1) is 27.6. The van der Waals surface area contributed by atoms with E-state index in [0.717, 1.165) is 28.4 Å². The van der Waals surface area contributed by atoms with Crippen LogP contribution in [0, 0.1) is 0 Å². The van der Waals surface area contributed by atoms with Gasteiger partial charge in [0.2, 0.25) is 25.5 Å². The first-order valence-electron chi connectivity index (χ1n) is 16.4. The van der Waals surface area contributed by atoms with Crippen LogP contribution in [-0.4, -0.2) is 61.4 Å². The zero-order valence-electron chi connectivity index (χ0n) is 29.7. The Hall–Kier alpha value is -7.79. The minimum Gasteiger partial charge on any atom is -0.457 e. The molecule has 0 fully saturated rings. The summed E-state index contributed by atoms with van der Waals surface area (Å²) in [5.41, 5.74) is 4.01. The van der Waals surface area contributed by atoms with Gasteiger partial charge in [0.05, 0.1) is 27.6 Å². The molecule has 290 valence electrons. The molecule has 1 heterocycles. The Bertz CT molecular complexity index is 2300. The lowest BCUT2D eigenvalue weighted by atomic mass is 10.2. The number of carbonyl (C=O) groups is 5. The lowest BCUT2D eigenvalue weighted by Crippen LogP contribution is -2.13. The SMILES string of the molecule is C=CC(=O)OCOc1ccc(C(=O)Oc2ccc(OC(=O)c3ccc(OCOC(=O)C=C)c(OCOC(=O)C=C)c3)c(/C=N/Nc3nc4ccccc4s3)c2)cc1. The van der Waals surface area contributed by atoms with E-state index in [2.05, 4.69) is 35.2 Å². The molecule has 0 saturated heterocycles. The van der Waals surface area contributed by atoms with E-state index in [1.807, 2.05) is 24.3 Å². The summed E-state index contributed by atoms with van der Waals surface area (Å²) in [7, 11) is 0. The summed E-state index contributed by atoms with van der Waals surface area (Å²) < 4.78 is 43.0. The van der Waals surface area contributed by atoms with Crippen molar-refractivity contribution in [2.24, 2.45) is 5.10 Å². The summed E-state index contributed by atoms with van der Waals surface area (Å²) in [5.74, 6) is -3.30. The maximum Gasteiger partial charge on any atom is 0.343 e. The van der Waals surface area contributed by atoms with E-state index in [4.69, 9.17) is 37.9 Å². The molecule has 5 rings (SSSR count). The number of nitrogens with zero attached hydrogens (tertiary/aromatic N) is 2. The van der Waals surface area contributed by atoms with E-state index in [0.29, 0.717) is 10.9 Å². The Morgan fingerprint density at radius 3 is 1.88 bits per heavy atom. The second-order valence-corrected chi connectivity index (χ2v) is 11.8. The number of hydrogen-bond acceptors (Lipinski definition) is 17. The van der Waals surface area contributed by atoms with E-state index >= 15 is 0 Å². The molecule has 0 amide bonds. The monoisotopic (exact) mass is 793 g/mol. The number of para-hydroxylation sites is 1. The summed E-state index contributed by atoms with van der Waals surface area (Å²) in [5, 5.41) is 4.76. The van der Waals surface area contributed by atoms with Crippen LogP contribution >= 0.6 is 11.3 Å². The third kappa shape index (κ3) is 11.8. The predicted molar refractivity (Wildman–Crippen MR) is 205 cm³/mol. The zero-order chi connectivity index (χ0) is 40.6. The van der Waals surface area contributed by atoms with Gasteiger partial charge in [0, 0.05) is 23.8 Å². The fraction of sp³-hybridized carbons (Fsp3) is 0.0750.